The van der Waals surface area contributed by atoms with Crippen LogP contribution in [0.3, 0.4) is 0 Å². The van der Waals surface area contributed by atoms with Gasteiger partial charge in [0, 0.05) is 11.4 Å². The Balaban J connectivity index is 2.16. The fraction of sp³-hybridized carbons (Fsp3) is 0.550. The summed E-state index contributed by atoms with van der Waals surface area (Å²) in [5, 5.41) is 8.04. The normalized spacial score (nSPS) is 12.2. The number of amides is 1. The van der Waals surface area contributed by atoms with Crippen molar-refractivity contribution in [3.63, 3.8) is 0 Å². The molecule has 0 spiro atoms. The molecule has 148 valence electrons. The van der Waals surface area contributed by atoms with E-state index in [4.69, 9.17) is 9.47 Å². The number of methoxy groups -OCH3 is 2. The van der Waals surface area contributed by atoms with Crippen LogP contribution in [0.25, 0.3) is 10.8 Å². The van der Waals surface area contributed by atoms with Gasteiger partial charge >= 0.3 is 0 Å². The number of hydrogen-bond donors (Lipinski definition) is 1. The lowest BCUT2D eigenvalue weighted by Crippen LogP contribution is -2.38. The maximum absolute atomic E-state index is 12.8. The number of ether oxygens (including phenoxy) is 2. The predicted octanol–water partition coefficient (Wildman–Crippen LogP) is 2.74. The quantitative estimate of drug-likeness (QED) is 0.729. The minimum absolute atomic E-state index is 0.0574. The van der Waals surface area contributed by atoms with Crippen molar-refractivity contribution in [2.24, 2.45) is 5.92 Å². The van der Waals surface area contributed by atoms with Gasteiger partial charge in [-0.05, 0) is 31.4 Å². The standard InChI is InChI=1S/C20H29N3O4/c1-13(2)7-6-8-14(3)22-17(24)12-23-20(25)18-15(11-21-23)9-10-16(26-4)19(18)27-5/h9-11,13-14H,6-8,12H2,1-5H3,(H,22,24)/t14-/m0/s1. The van der Waals surface area contributed by atoms with Gasteiger partial charge in [-0.25, -0.2) is 4.68 Å². The van der Waals surface area contributed by atoms with Crippen LogP contribution in [0.2, 0.25) is 0 Å². The average molecular weight is 375 g/mol. The third-order valence-electron chi connectivity index (χ3n) is 4.48. The van der Waals surface area contributed by atoms with Crippen molar-refractivity contribution in [2.45, 2.75) is 52.6 Å². The summed E-state index contributed by atoms with van der Waals surface area (Å²) in [5.41, 5.74) is -0.383. The lowest BCUT2D eigenvalue weighted by molar-refractivity contribution is -0.122. The molecule has 0 bridgehead atoms. The number of rotatable bonds is 9. The van der Waals surface area contributed by atoms with Crippen LogP contribution in [0.1, 0.15) is 40.0 Å². The second-order valence-corrected chi connectivity index (χ2v) is 7.17. The van der Waals surface area contributed by atoms with Crippen molar-refractivity contribution in [3.8, 4) is 11.5 Å². The second-order valence-electron chi connectivity index (χ2n) is 7.17. The summed E-state index contributed by atoms with van der Waals surface area (Å²) >= 11 is 0. The third kappa shape index (κ3) is 5.21. The molecule has 0 unspecified atom stereocenters. The second kappa shape index (κ2) is 9.39. The Bertz CT molecular complexity index is 845. The smallest absolute Gasteiger partial charge is 0.279 e. The summed E-state index contributed by atoms with van der Waals surface area (Å²) in [4.78, 5) is 25.1. The van der Waals surface area contributed by atoms with Gasteiger partial charge in [-0.2, -0.15) is 5.10 Å². The fourth-order valence-corrected chi connectivity index (χ4v) is 3.06. The third-order valence-corrected chi connectivity index (χ3v) is 4.48. The molecule has 1 atom stereocenters. The van der Waals surface area contributed by atoms with Gasteiger partial charge < -0.3 is 14.8 Å². The summed E-state index contributed by atoms with van der Waals surface area (Å²) in [7, 11) is 2.99. The highest BCUT2D eigenvalue weighted by Gasteiger charge is 2.16. The highest BCUT2D eigenvalue weighted by molar-refractivity contribution is 5.89. The first-order chi connectivity index (χ1) is 12.9. The van der Waals surface area contributed by atoms with Gasteiger partial charge in [0.2, 0.25) is 5.91 Å². The zero-order valence-electron chi connectivity index (χ0n) is 16.7. The van der Waals surface area contributed by atoms with Crippen LogP contribution in [0, 0.1) is 5.92 Å². The first kappa shape index (κ1) is 20.7. The first-order valence-electron chi connectivity index (χ1n) is 9.27. The molecule has 0 saturated heterocycles. The molecule has 27 heavy (non-hydrogen) atoms. The molecule has 0 aliphatic rings. The van der Waals surface area contributed by atoms with Crippen molar-refractivity contribution < 1.29 is 14.3 Å². The van der Waals surface area contributed by atoms with Crippen LogP contribution >= 0.6 is 0 Å². The van der Waals surface area contributed by atoms with E-state index >= 15 is 0 Å². The van der Waals surface area contributed by atoms with Crippen molar-refractivity contribution in [1.82, 2.24) is 15.1 Å². The fourth-order valence-electron chi connectivity index (χ4n) is 3.06. The number of benzene rings is 1. The molecule has 2 aromatic rings. The van der Waals surface area contributed by atoms with Crippen LogP contribution in [0.15, 0.2) is 23.1 Å². The Kier molecular flexibility index (Phi) is 7.21. The Morgan fingerprint density at radius 2 is 1.93 bits per heavy atom. The van der Waals surface area contributed by atoms with Gasteiger partial charge in [0.1, 0.15) is 6.54 Å². The molecule has 1 amide bonds. The molecular formula is C20H29N3O4. The molecule has 2 rings (SSSR count). The Morgan fingerprint density at radius 3 is 2.56 bits per heavy atom. The summed E-state index contributed by atoms with van der Waals surface area (Å²) in [6.07, 6.45) is 4.66. The maximum Gasteiger partial charge on any atom is 0.279 e. The van der Waals surface area contributed by atoms with Gasteiger partial charge in [-0.15, -0.1) is 0 Å². The van der Waals surface area contributed by atoms with Crippen LogP contribution < -0.4 is 20.3 Å². The zero-order chi connectivity index (χ0) is 20.0. The SMILES string of the molecule is COc1ccc2cnn(CC(=O)N[C@@H](C)CCCC(C)C)c(=O)c2c1OC. The number of carbonyl (C=O) groups is 1. The molecule has 1 aromatic heterocycles. The number of nitrogens with one attached hydrogen (secondary N) is 1. The van der Waals surface area contributed by atoms with Crippen LogP contribution in [0.4, 0.5) is 0 Å². The molecular weight excluding hydrogens is 346 g/mol. The average Bonchev–Trinajstić information content (AvgIpc) is 2.62. The molecule has 1 N–H and O–H groups in total. The minimum Gasteiger partial charge on any atom is -0.493 e. The molecule has 0 aliphatic carbocycles. The van der Waals surface area contributed by atoms with Gasteiger partial charge in [-0.3, -0.25) is 9.59 Å². The van der Waals surface area contributed by atoms with E-state index in [0.717, 1.165) is 23.9 Å². The molecule has 1 aromatic carbocycles. The first-order valence-corrected chi connectivity index (χ1v) is 9.27. The summed E-state index contributed by atoms with van der Waals surface area (Å²) in [5.74, 6) is 1.23. The Hall–Kier alpha value is -2.57. The van der Waals surface area contributed by atoms with E-state index in [0.29, 0.717) is 28.2 Å². The number of hydrogen-bond acceptors (Lipinski definition) is 5. The van der Waals surface area contributed by atoms with Crippen molar-refractivity contribution in [2.75, 3.05) is 14.2 Å². The molecule has 0 radical (unpaired) electrons. The van der Waals surface area contributed by atoms with Gasteiger partial charge in [0.15, 0.2) is 11.5 Å². The topological polar surface area (TPSA) is 82.5 Å². The highest BCUT2D eigenvalue weighted by atomic mass is 16.5. The van der Waals surface area contributed by atoms with E-state index in [1.54, 1.807) is 18.3 Å². The lowest BCUT2D eigenvalue weighted by atomic mass is 10.0. The molecule has 7 heteroatoms. The molecule has 0 fully saturated rings. The predicted molar refractivity (Wildman–Crippen MR) is 105 cm³/mol. The van der Waals surface area contributed by atoms with Crippen molar-refractivity contribution >= 4 is 16.7 Å². The number of aromatic nitrogens is 2. The number of nitrogens with zero attached hydrogens (tertiary/aromatic N) is 2. The zero-order valence-corrected chi connectivity index (χ0v) is 16.7. The van der Waals surface area contributed by atoms with Crippen molar-refractivity contribution in [1.29, 1.82) is 0 Å². The largest absolute Gasteiger partial charge is 0.493 e. The number of fused-ring (bicyclic) bond motifs is 1. The number of carbonyl (C=O) groups excluding carboxylic acids is 1. The van der Waals surface area contributed by atoms with Crippen molar-refractivity contribution in [3.05, 3.63) is 28.7 Å². The van der Waals surface area contributed by atoms with Crippen LogP contribution in [0.5, 0.6) is 11.5 Å². The van der Waals surface area contributed by atoms with E-state index in [1.165, 1.54) is 14.2 Å². The lowest BCUT2D eigenvalue weighted by Gasteiger charge is -2.15. The Morgan fingerprint density at radius 1 is 1.19 bits per heavy atom. The summed E-state index contributed by atoms with van der Waals surface area (Å²) in [6, 6.07) is 3.52. The van der Waals surface area contributed by atoms with Gasteiger partial charge in [0.05, 0.1) is 25.8 Å². The van der Waals surface area contributed by atoms with E-state index in [9.17, 15) is 9.59 Å². The molecule has 0 aliphatic heterocycles. The van der Waals surface area contributed by atoms with Gasteiger partial charge in [0.25, 0.3) is 5.56 Å². The monoisotopic (exact) mass is 375 g/mol. The van der Waals surface area contributed by atoms with E-state index in [1.807, 2.05) is 6.92 Å². The Labute approximate surface area is 159 Å². The molecule has 7 nitrogen and oxygen atoms in total. The van der Waals surface area contributed by atoms with Gasteiger partial charge in [-0.1, -0.05) is 26.7 Å². The molecule has 0 saturated carbocycles. The summed E-state index contributed by atoms with van der Waals surface area (Å²) < 4.78 is 11.8. The van der Waals surface area contributed by atoms with Crippen LogP contribution in [-0.4, -0.2) is 35.9 Å². The highest BCUT2D eigenvalue weighted by Crippen LogP contribution is 2.32. The minimum atomic E-state index is -0.383. The van der Waals surface area contributed by atoms with E-state index < -0.39 is 0 Å². The molecule has 1 heterocycles. The summed E-state index contributed by atoms with van der Waals surface area (Å²) in [6.45, 7) is 6.21. The van der Waals surface area contributed by atoms with Crippen LogP contribution in [-0.2, 0) is 11.3 Å². The van der Waals surface area contributed by atoms with E-state index in [-0.39, 0.29) is 24.1 Å². The van der Waals surface area contributed by atoms with E-state index in [2.05, 4.69) is 24.3 Å². The maximum atomic E-state index is 12.8.